The molecule has 19 heavy (non-hydrogen) atoms. The first-order chi connectivity index (χ1) is 9.15. The number of aliphatic hydroxyl groups is 1. The fourth-order valence-corrected chi connectivity index (χ4v) is 1.78. The number of aromatic nitrogens is 5. The fourth-order valence-electron chi connectivity index (χ4n) is 1.78. The molecule has 0 radical (unpaired) electrons. The molecule has 106 valence electrons. The summed E-state index contributed by atoms with van der Waals surface area (Å²) >= 11 is 0. The molecule has 0 aliphatic carbocycles. The Bertz CT molecular complexity index is 503. The SMILES string of the molecule is CC.CCc1nn(C)nc1C(O)c1cnn(CC)c1. The Hall–Kier alpha value is -1.69. The van der Waals surface area contributed by atoms with Crippen molar-refractivity contribution in [2.24, 2.45) is 7.05 Å². The van der Waals surface area contributed by atoms with Gasteiger partial charge in [0.15, 0.2) is 0 Å². The first-order valence-corrected chi connectivity index (χ1v) is 6.76. The first kappa shape index (κ1) is 15.4. The summed E-state index contributed by atoms with van der Waals surface area (Å²) in [6.07, 6.45) is 3.50. The Morgan fingerprint density at radius 2 is 1.95 bits per heavy atom. The predicted octanol–water partition coefficient (Wildman–Crippen LogP) is 1.70. The zero-order valence-corrected chi connectivity index (χ0v) is 12.3. The van der Waals surface area contributed by atoms with Crippen LogP contribution in [0.5, 0.6) is 0 Å². The molecule has 0 saturated heterocycles. The molecular weight excluding hydrogens is 242 g/mol. The molecule has 6 heteroatoms. The van der Waals surface area contributed by atoms with E-state index in [2.05, 4.69) is 15.3 Å². The van der Waals surface area contributed by atoms with E-state index < -0.39 is 6.10 Å². The molecule has 2 aromatic rings. The van der Waals surface area contributed by atoms with Crippen molar-refractivity contribution in [2.75, 3.05) is 0 Å². The highest BCUT2D eigenvalue weighted by Crippen LogP contribution is 2.22. The van der Waals surface area contributed by atoms with E-state index in [4.69, 9.17) is 0 Å². The second-order valence-corrected chi connectivity index (χ2v) is 3.91. The molecule has 0 aliphatic heterocycles. The van der Waals surface area contributed by atoms with Gasteiger partial charge in [0.2, 0.25) is 0 Å². The van der Waals surface area contributed by atoms with Crippen molar-refractivity contribution in [1.29, 1.82) is 0 Å². The molecule has 2 heterocycles. The van der Waals surface area contributed by atoms with E-state index in [1.165, 1.54) is 4.80 Å². The van der Waals surface area contributed by atoms with E-state index in [0.717, 1.165) is 24.2 Å². The quantitative estimate of drug-likeness (QED) is 0.913. The minimum absolute atomic E-state index is 0.616. The van der Waals surface area contributed by atoms with Crippen LogP contribution in [0.1, 0.15) is 50.8 Å². The van der Waals surface area contributed by atoms with Gasteiger partial charge < -0.3 is 5.11 Å². The Morgan fingerprint density at radius 1 is 1.26 bits per heavy atom. The summed E-state index contributed by atoms with van der Waals surface area (Å²) in [5, 5.41) is 22.8. The summed E-state index contributed by atoms with van der Waals surface area (Å²) in [6.45, 7) is 8.78. The largest absolute Gasteiger partial charge is 0.382 e. The van der Waals surface area contributed by atoms with Crippen LogP contribution in [-0.4, -0.2) is 29.9 Å². The maximum atomic E-state index is 10.3. The van der Waals surface area contributed by atoms with Gasteiger partial charge in [-0.25, -0.2) is 0 Å². The molecule has 0 fully saturated rings. The smallest absolute Gasteiger partial charge is 0.128 e. The van der Waals surface area contributed by atoms with E-state index in [1.54, 1.807) is 17.9 Å². The van der Waals surface area contributed by atoms with E-state index in [0.29, 0.717) is 5.69 Å². The van der Waals surface area contributed by atoms with Crippen LogP contribution in [0.25, 0.3) is 0 Å². The van der Waals surface area contributed by atoms with Gasteiger partial charge in [0.05, 0.1) is 11.9 Å². The van der Waals surface area contributed by atoms with Gasteiger partial charge >= 0.3 is 0 Å². The third-order valence-corrected chi connectivity index (χ3v) is 2.70. The number of rotatable bonds is 4. The molecule has 0 bridgehead atoms. The van der Waals surface area contributed by atoms with Gasteiger partial charge in [-0.1, -0.05) is 20.8 Å². The second-order valence-electron chi connectivity index (χ2n) is 3.91. The summed E-state index contributed by atoms with van der Waals surface area (Å²) in [6, 6.07) is 0. The predicted molar refractivity (Wildman–Crippen MR) is 73.7 cm³/mol. The van der Waals surface area contributed by atoms with Crippen molar-refractivity contribution in [3.05, 3.63) is 29.3 Å². The van der Waals surface area contributed by atoms with Gasteiger partial charge in [-0.05, 0) is 13.3 Å². The third-order valence-electron chi connectivity index (χ3n) is 2.70. The van der Waals surface area contributed by atoms with Crippen molar-refractivity contribution in [2.45, 2.75) is 46.8 Å². The molecule has 2 rings (SSSR count). The van der Waals surface area contributed by atoms with Crippen molar-refractivity contribution >= 4 is 0 Å². The lowest BCUT2D eigenvalue weighted by Crippen LogP contribution is -2.03. The number of nitrogens with zero attached hydrogens (tertiary/aromatic N) is 5. The molecule has 0 spiro atoms. The van der Waals surface area contributed by atoms with Crippen LogP contribution in [0.4, 0.5) is 0 Å². The van der Waals surface area contributed by atoms with Crippen LogP contribution in [0.15, 0.2) is 12.4 Å². The second kappa shape index (κ2) is 7.04. The maximum absolute atomic E-state index is 10.3. The molecule has 0 aromatic carbocycles. The fraction of sp³-hybridized carbons (Fsp3) is 0.615. The third kappa shape index (κ3) is 3.41. The zero-order chi connectivity index (χ0) is 14.4. The van der Waals surface area contributed by atoms with Crippen molar-refractivity contribution < 1.29 is 5.11 Å². The molecule has 0 saturated carbocycles. The molecular formula is C13H23N5O. The number of aryl methyl sites for hydroxylation is 3. The van der Waals surface area contributed by atoms with Crippen LogP contribution in [0.2, 0.25) is 0 Å². The number of hydrogen-bond donors (Lipinski definition) is 1. The van der Waals surface area contributed by atoms with Gasteiger partial charge in [-0.15, -0.1) is 0 Å². The first-order valence-electron chi connectivity index (χ1n) is 6.76. The lowest BCUT2D eigenvalue weighted by Gasteiger charge is -2.05. The average Bonchev–Trinajstić information content (AvgIpc) is 3.06. The van der Waals surface area contributed by atoms with Crippen molar-refractivity contribution in [3.8, 4) is 0 Å². The van der Waals surface area contributed by atoms with Crippen LogP contribution in [0.3, 0.4) is 0 Å². The summed E-state index contributed by atoms with van der Waals surface area (Å²) < 4.78 is 1.78. The molecule has 1 atom stereocenters. The highest BCUT2D eigenvalue weighted by atomic mass is 16.3. The Morgan fingerprint density at radius 3 is 2.47 bits per heavy atom. The van der Waals surface area contributed by atoms with Gasteiger partial charge in [-0.3, -0.25) is 4.68 Å². The normalized spacial score (nSPS) is 11.9. The lowest BCUT2D eigenvalue weighted by atomic mass is 10.1. The van der Waals surface area contributed by atoms with Crippen molar-refractivity contribution in [1.82, 2.24) is 24.8 Å². The van der Waals surface area contributed by atoms with Gasteiger partial charge in [0.1, 0.15) is 11.8 Å². The average molecular weight is 265 g/mol. The summed E-state index contributed by atoms with van der Waals surface area (Å²) in [5.74, 6) is 0. The van der Waals surface area contributed by atoms with E-state index in [-0.39, 0.29) is 0 Å². The Balaban J connectivity index is 0.000000861. The highest BCUT2D eigenvalue weighted by molar-refractivity contribution is 5.23. The van der Waals surface area contributed by atoms with E-state index in [9.17, 15) is 5.11 Å². The molecule has 2 aromatic heterocycles. The summed E-state index contributed by atoms with van der Waals surface area (Å²) in [4.78, 5) is 1.49. The van der Waals surface area contributed by atoms with E-state index >= 15 is 0 Å². The van der Waals surface area contributed by atoms with Gasteiger partial charge in [0, 0.05) is 25.4 Å². The van der Waals surface area contributed by atoms with Crippen molar-refractivity contribution in [3.63, 3.8) is 0 Å². The highest BCUT2D eigenvalue weighted by Gasteiger charge is 2.20. The van der Waals surface area contributed by atoms with Crippen LogP contribution >= 0.6 is 0 Å². The zero-order valence-electron chi connectivity index (χ0n) is 12.3. The van der Waals surface area contributed by atoms with Crippen LogP contribution in [-0.2, 0) is 20.0 Å². The van der Waals surface area contributed by atoms with Crippen LogP contribution < -0.4 is 0 Å². The summed E-state index contributed by atoms with van der Waals surface area (Å²) in [5.41, 5.74) is 2.19. The standard InChI is InChI=1S/C11H17N5O.C2H6/c1-4-9-10(14-15(3)13-9)11(17)8-6-12-16(5-2)7-8;1-2/h6-7,11,17H,4-5H2,1-3H3;1-2H3. The lowest BCUT2D eigenvalue weighted by molar-refractivity contribution is 0.213. The topological polar surface area (TPSA) is 68.8 Å². The molecule has 0 aliphatic rings. The van der Waals surface area contributed by atoms with E-state index in [1.807, 2.05) is 33.9 Å². The summed E-state index contributed by atoms with van der Waals surface area (Å²) in [7, 11) is 1.75. The maximum Gasteiger partial charge on any atom is 0.128 e. The van der Waals surface area contributed by atoms with Crippen LogP contribution in [0, 0.1) is 0 Å². The number of aliphatic hydroxyl groups excluding tert-OH is 1. The molecule has 1 N–H and O–H groups in total. The number of hydrogen-bond acceptors (Lipinski definition) is 4. The Kier molecular flexibility index (Phi) is 5.69. The monoisotopic (exact) mass is 265 g/mol. The molecule has 6 nitrogen and oxygen atoms in total. The molecule has 1 unspecified atom stereocenters. The molecule has 0 amide bonds. The van der Waals surface area contributed by atoms with Gasteiger partial charge in [0.25, 0.3) is 0 Å². The minimum atomic E-state index is -0.751. The minimum Gasteiger partial charge on any atom is -0.382 e. The Labute approximate surface area is 114 Å². The van der Waals surface area contributed by atoms with Gasteiger partial charge in [-0.2, -0.15) is 20.1 Å².